The largest absolute Gasteiger partial charge is 0.347 e. The van der Waals surface area contributed by atoms with E-state index >= 15 is 0 Å². The first-order valence-corrected chi connectivity index (χ1v) is 9.79. The monoisotopic (exact) mass is 448 g/mol. The van der Waals surface area contributed by atoms with Crippen molar-refractivity contribution in [2.24, 2.45) is 0 Å². The third kappa shape index (κ3) is 6.19. The summed E-state index contributed by atoms with van der Waals surface area (Å²) in [7, 11) is 0. The van der Waals surface area contributed by atoms with Crippen molar-refractivity contribution in [1.29, 1.82) is 0 Å². The number of aromatic nitrogens is 2. The van der Waals surface area contributed by atoms with Crippen LogP contribution in [-0.4, -0.2) is 27.1 Å². The quantitative estimate of drug-likeness (QED) is 0.542. The minimum atomic E-state index is -1.03. The van der Waals surface area contributed by atoms with E-state index in [1.807, 2.05) is 0 Å². The Labute approximate surface area is 178 Å². The van der Waals surface area contributed by atoms with E-state index < -0.39 is 35.0 Å². The molecular formula is C20H15F3N4O3S. The molecule has 160 valence electrons. The highest BCUT2D eigenvalue weighted by Crippen LogP contribution is 2.23. The summed E-state index contributed by atoms with van der Waals surface area (Å²) in [5.74, 6) is -4.07. The van der Waals surface area contributed by atoms with Gasteiger partial charge in [0.05, 0.1) is 11.4 Å². The minimum absolute atomic E-state index is 0.174. The van der Waals surface area contributed by atoms with Crippen molar-refractivity contribution in [3.8, 4) is 0 Å². The Morgan fingerprint density at radius 1 is 0.968 bits per heavy atom. The highest BCUT2D eigenvalue weighted by molar-refractivity contribution is 8.00. The van der Waals surface area contributed by atoms with Crippen LogP contribution in [0.3, 0.4) is 0 Å². The molecule has 0 radical (unpaired) electrons. The molecule has 0 spiro atoms. The van der Waals surface area contributed by atoms with Crippen molar-refractivity contribution in [1.82, 2.24) is 9.55 Å². The van der Waals surface area contributed by atoms with Gasteiger partial charge in [-0.25, -0.2) is 22.9 Å². The van der Waals surface area contributed by atoms with Crippen LogP contribution in [0, 0.1) is 17.5 Å². The lowest BCUT2D eigenvalue weighted by Gasteiger charge is -2.10. The second kappa shape index (κ2) is 9.94. The molecule has 2 amide bonds. The van der Waals surface area contributed by atoms with Gasteiger partial charge in [-0.05, 0) is 42.5 Å². The van der Waals surface area contributed by atoms with E-state index in [2.05, 4.69) is 15.6 Å². The van der Waals surface area contributed by atoms with Gasteiger partial charge in [-0.1, -0.05) is 0 Å². The molecule has 0 bridgehead atoms. The van der Waals surface area contributed by atoms with Gasteiger partial charge >= 0.3 is 5.69 Å². The summed E-state index contributed by atoms with van der Waals surface area (Å²) in [5.41, 5.74) is -0.567. The van der Waals surface area contributed by atoms with E-state index in [-0.39, 0.29) is 23.7 Å². The number of nitrogens with one attached hydrogen (secondary N) is 2. The highest BCUT2D eigenvalue weighted by atomic mass is 32.2. The standard InChI is InChI=1S/C20H15F3N4O3S/c21-14-5-3-13(9-16(14)23)31-11-19(29)26-17-8-12(2-4-15(17)22)25-18(28)10-27-7-1-6-24-20(27)30/h1-9H,10-11H2,(H,25,28)(H,26,29). The van der Waals surface area contributed by atoms with Gasteiger partial charge in [-0.3, -0.25) is 14.2 Å². The van der Waals surface area contributed by atoms with Gasteiger partial charge in [-0.2, -0.15) is 0 Å². The van der Waals surface area contributed by atoms with E-state index in [1.54, 1.807) is 0 Å². The number of hydrogen-bond acceptors (Lipinski definition) is 5. The van der Waals surface area contributed by atoms with Gasteiger partial charge in [0, 0.05) is 23.0 Å². The fraction of sp³-hybridized carbons (Fsp3) is 0.100. The summed E-state index contributed by atoms with van der Waals surface area (Å²) in [4.78, 5) is 39.7. The van der Waals surface area contributed by atoms with Crippen molar-refractivity contribution in [3.05, 3.63) is 82.8 Å². The van der Waals surface area contributed by atoms with Crippen LogP contribution >= 0.6 is 11.8 Å². The number of benzene rings is 2. The lowest BCUT2D eigenvalue weighted by atomic mass is 10.2. The molecule has 0 unspecified atom stereocenters. The maximum Gasteiger partial charge on any atom is 0.347 e. The Morgan fingerprint density at radius 3 is 2.48 bits per heavy atom. The number of amides is 2. The second-order valence-corrected chi connectivity index (χ2v) is 7.23. The molecule has 2 N–H and O–H groups in total. The van der Waals surface area contributed by atoms with Gasteiger partial charge in [0.1, 0.15) is 12.4 Å². The van der Waals surface area contributed by atoms with Crippen LogP contribution in [0.4, 0.5) is 24.5 Å². The Hall–Kier alpha value is -3.60. The number of thioether (sulfide) groups is 1. The van der Waals surface area contributed by atoms with Crippen LogP contribution in [0.15, 0.2) is 64.5 Å². The van der Waals surface area contributed by atoms with Gasteiger partial charge in [0.2, 0.25) is 11.8 Å². The van der Waals surface area contributed by atoms with Crippen molar-refractivity contribution in [3.63, 3.8) is 0 Å². The molecule has 11 heteroatoms. The summed E-state index contributed by atoms with van der Waals surface area (Å²) >= 11 is 0.945. The van der Waals surface area contributed by atoms with E-state index in [0.29, 0.717) is 4.90 Å². The van der Waals surface area contributed by atoms with E-state index in [9.17, 15) is 27.6 Å². The third-order valence-corrected chi connectivity index (χ3v) is 4.88. The molecule has 3 aromatic rings. The van der Waals surface area contributed by atoms with Crippen molar-refractivity contribution in [2.45, 2.75) is 11.4 Å². The zero-order chi connectivity index (χ0) is 22.4. The maximum absolute atomic E-state index is 14.0. The molecular weight excluding hydrogens is 433 g/mol. The topological polar surface area (TPSA) is 93.1 Å². The zero-order valence-electron chi connectivity index (χ0n) is 15.8. The van der Waals surface area contributed by atoms with Crippen LogP contribution in [0.25, 0.3) is 0 Å². The molecule has 3 rings (SSSR count). The Bertz CT molecular complexity index is 1190. The van der Waals surface area contributed by atoms with Gasteiger partial charge in [0.15, 0.2) is 11.6 Å². The summed E-state index contributed by atoms with van der Waals surface area (Å²) in [6.07, 6.45) is 2.70. The Balaban J connectivity index is 1.60. The summed E-state index contributed by atoms with van der Waals surface area (Å²) < 4.78 is 41.3. The second-order valence-electron chi connectivity index (χ2n) is 6.19. The summed E-state index contributed by atoms with van der Waals surface area (Å²) in [6.45, 7) is -0.295. The molecule has 1 heterocycles. The van der Waals surface area contributed by atoms with E-state index in [4.69, 9.17) is 0 Å². The average Bonchev–Trinajstić information content (AvgIpc) is 2.73. The SMILES string of the molecule is O=C(Cn1cccnc1=O)Nc1ccc(F)c(NC(=O)CSc2ccc(F)c(F)c2)c1. The maximum atomic E-state index is 14.0. The van der Waals surface area contributed by atoms with Gasteiger partial charge in [0.25, 0.3) is 0 Å². The number of anilines is 2. The molecule has 0 saturated carbocycles. The van der Waals surface area contributed by atoms with Crippen LogP contribution in [-0.2, 0) is 16.1 Å². The van der Waals surface area contributed by atoms with E-state index in [0.717, 1.165) is 34.5 Å². The molecule has 7 nitrogen and oxygen atoms in total. The number of hydrogen-bond donors (Lipinski definition) is 2. The molecule has 0 aliphatic rings. The average molecular weight is 448 g/mol. The number of carbonyl (C=O) groups excluding carboxylic acids is 2. The van der Waals surface area contributed by atoms with Crippen LogP contribution in [0.1, 0.15) is 0 Å². The van der Waals surface area contributed by atoms with Crippen molar-refractivity contribution < 1.29 is 22.8 Å². The smallest absolute Gasteiger partial charge is 0.324 e. The molecule has 0 fully saturated rings. The lowest BCUT2D eigenvalue weighted by molar-refractivity contribution is -0.117. The molecule has 0 aliphatic heterocycles. The molecule has 0 aliphatic carbocycles. The predicted molar refractivity (Wildman–Crippen MR) is 109 cm³/mol. The fourth-order valence-electron chi connectivity index (χ4n) is 2.46. The van der Waals surface area contributed by atoms with Gasteiger partial charge in [-0.15, -0.1) is 11.8 Å². The Morgan fingerprint density at radius 2 is 1.74 bits per heavy atom. The van der Waals surface area contributed by atoms with Crippen LogP contribution in [0.2, 0.25) is 0 Å². The molecule has 0 saturated heterocycles. The van der Waals surface area contributed by atoms with Crippen molar-refractivity contribution >= 4 is 35.0 Å². The van der Waals surface area contributed by atoms with Crippen LogP contribution < -0.4 is 16.3 Å². The zero-order valence-corrected chi connectivity index (χ0v) is 16.6. The predicted octanol–water partition coefficient (Wildman–Crippen LogP) is 3.03. The first-order valence-electron chi connectivity index (χ1n) is 8.80. The summed E-state index contributed by atoms with van der Waals surface area (Å²) in [5, 5.41) is 4.86. The fourth-order valence-corrected chi connectivity index (χ4v) is 3.18. The molecule has 31 heavy (non-hydrogen) atoms. The molecule has 2 aromatic carbocycles. The minimum Gasteiger partial charge on any atom is -0.324 e. The first-order chi connectivity index (χ1) is 14.8. The van der Waals surface area contributed by atoms with Gasteiger partial charge < -0.3 is 10.6 Å². The molecule has 1 aromatic heterocycles. The number of halogens is 3. The lowest BCUT2D eigenvalue weighted by Crippen LogP contribution is -2.28. The first kappa shape index (κ1) is 22.1. The number of nitrogens with zero attached hydrogens (tertiary/aromatic N) is 2. The highest BCUT2D eigenvalue weighted by Gasteiger charge is 2.12. The number of carbonyl (C=O) groups is 2. The Kier molecular flexibility index (Phi) is 7.08. The van der Waals surface area contributed by atoms with Crippen LogP contribution in [0.5, 0.6) is 0 Å². The van der Waals surface area contributed by atoms with Crippen molar-refractivity contribution in [2.75, 3.05) is 16.4 Å². The van der Waals surface area contributed by atoms with E-state index in [1.165, 1.54) is 36.7 Å². The normalized spacial score (nSPS) is 10.5. The third-order valence-electron chi connectivity index (χ3n) is 3.88. The summed E-state index contributed by atoms with van der Waals surface area (Å²) in [6, 6.07) is 8.30. The number of rotatable bonds is 7. The molecule has 0 atom stereocenters.